The summed E-state index contributed by atoms with van der Waals surface area (Å²) >= 11 is 0. The third-order valence-corrected chi connectivity index (χ3v) is 2.82. The zero-order chi connectivity index (χ0) is 13.4. The normalized spacial score (nSPS) is 10.8. The van der Waals surface area contributed by atoms with Crippen molar-refractivity contribution in [1.82, 2.24) is 19.6 Å². The molecule has 0 radical (unpaired) electrons. The Kier molecular flexibility index (Phi) is 2.49. The molecule has 3 heterocycles. The number of rotatable bonds is 2. The number of hydrogen-bond acceptors (Lipinski definition) is 4. The fraction of sp³-hybridized carbons (Fsp3) is 0.0769. The van der Waals surface area contributed by atoms with E-state index in [-0.39, 0.29) is 5.56 Å². The number of pyridine rings is 2. The maximum absolute atomic E-state index is 11.0. The van der Waals surface area contributed by atoms with E-state index in [0.29, 0.717) is 11.5 Å². The van der Waals surface area contributed by atoms with Crippen molar-refractivity contribution in [2.45, 2.75) is 6.92 Å². The molecule has 0 aromatic carbocycles. The second kappa shape index (κ2) is 4.16. The van der Waals surface area contributed by atoms with Gasteiger partial charge in [0.1, 0.15) is 0 Å². The Morgan fingerprint density at radius 3 is 2.74 bits per heavy atom. The highest BCUT2D eigenvalue weighted by Gasteiger charge is 2.11. The Hall–Kier alpha value is -2.76. The smallest absolute Gasteiger partial charge is 0.337 e. The molecule has 6 heteroatoms. The number of carboxylic acid groups (broad SMARTS) is 1. The highest BCUT2D eigenvalue weighted by atomic mass is 16.4. The summed E-state index contributed by atoms with van der Waals surface area (Å²) < 4.78 is 1.65. The van der Waals surface area contributed by atoms with Gasteiger partial charge in [0.05, 0.1) is 5.56 Å². The largest absolute Gasteiger partial charge is 0.478 e. The summed E-state index contributed by atoms with van der Waals surface area (Å²) in [6, 6.07) is 6.88. The molecule has 19 heavy (non-hydrogen) atoms. The second-order valence-corrected chi connectivity index (χ2v) is 4.16. The van der Waals surface area contributed by atoms with Crippen LogP contribution in [0.5, 0.6) is 0 Å². The first kappa shape index (κ1) is 11.3. The molecule has 0 saturated carbocycles. The standard InChI is InChI=1S/C13H10N4O2/c1-8-2-3-9(6-14-8)12-16-15-11-5-4-10(13(18)19)7-17(11)12/h2-7H,1H3,(H,18,19). The Morgan fingerprint density at radius 2 is 2.05 bits per heavy atom. The number of nitrogens with zero attached hydrogens (tertiary/aromatic N) is 4. The summed E-state index contributed by atoms with van der Waals surface area (Å²) in [7, 11) is 0. The van der Waals surface area contributed by atoms with E-state index in [1.54, 1.807) is 16.7 Å². The summed E-state index contributed by atoms with van der Waals surface area (Å²) in [6.07, 6.45) is 3.20. The van der Waals surface area contributed by atoms with Gasteiger partial charge in [0, 0.05) is 23.7 Å². The first-order valence-electron chi connectivity index (χ1n) is 5.66. The molecule has 0 amide bonds. The molecule has 3 aromatic rings. The fourth-order valence-corrected chi connectivity index (χ4v) is 1.81. The molecule has 3 rings (SSSR count). The molecule has 0 fully saturated rings. The molecule has 0 saturated heterocycles. The molecule has 94 valence electrons. The highest BCUT2D eigenvalue weighted by molar-refractivity contribution is 5.87. The third-order valence-electron chi connectivity index (χ3n) is 2.82. The lowest BCUT2D eigenvalue weighted by Gasteiger charge is -2.01. The van der Waals surface area contributed by atoms with Crippen LogP contribution in [0.15, 0.2) is 36.7 Å². The molecule has 0 aliphatic heterocycles. The lowest BCUT2D eigenvalue weighted by molar-refractivity contribution is 0.0696. The summed E-state index contributed by atoms with van der Waals surface area (Å²) in [5.74, 6) is -0.408. The van der Waals surface area contributed by atoms with Crippen LogP contribution < -0.4 is 0 Å². The summed E-state index contributed by atoms with van der Waals surface area (Å²) in [6.45, 7) is 1.90. The maximum atomic E-state index is 11.0. The molecule has 6 nitrogen and oxygen atoms in total. The monoisotopic (exact) mass is 254 g/mol. The van der Waals surface area contributed by atoms with Gasteiger partial charge in [0.2, 0.25) is 0 Å². The van der Waals surface area contributed by atoms with Gasteiger partial charge in [-0.25, -0.2) is 4.79 Å². The predicted molar refractivity (Wildman–Crippen MR) is 67.9 cm³/mol. The topological polar surface area (TPSA) is 80.4 Å². The molecule has 0 aliphatic carbocycles. The maximum Gasteiger partial charge on any atom is 0.337 e. The molecular formula is C13H10N4O2. The van der Waals surface area contributed by atoms with E-state index in [1.165, 1.54) is 12.3 Å². The van der Waals surface area contributed by atoms with E-state index in [1.807, 2.05) is 19.1 Å². The number of aryl methyl sites for hydroxylation is 1. The van der Waals surface area contributed by atoms with E-state index in [4.69, 9.17) is 5.11 Å². The minimum atomic E-state index is -0.983. The summed E-state index contributed by atoms with van der Waals surface area (Å²) in [4.78, 5) is 15.2. The lowest BCUT2D eigenvalue weighted by Crippen LogP contribution is -1.99. The quantitative estimate of drug-likeness (QED) is 0.754. The van der Waals surface area contributed by atoms with Crippen LogP contribution in [0, 0.1) is 6.92 Å². The first-order valence-corrected chi connectivity index (χ1v) is 5.66. The van der Waals surface area contributed by atoms with Crippen molar-refractivity contribution in [3.8, 4) is 11.4 Å². The summed E-state index contributed by atoms with van der Waals surface area (Å²) in [5.41, 5.74) is 2.48. The van der Waals surface area contributed by atoms with Crippen molar-refractivity contribution in [3.63, 3.8) is 0 Å². The molecule has 0 bridgehead atoms. The van der Waals surface area contributed by atoms with Gasteiger partial charge in [-0.1, -0.05) is 0 Å². The number of aromatic nitrogens is 4. The molecule has 3 aromatic heterocycles. The minimum absolute atomic E-state index is 0.189. The first-order chi connectivity index (χ1) is 9.15. The van der Waals surface area contributed by atoms with E-state index >= 15 is 0 Å². The van der Waals surface area contributed by atoms with Crippen molar-refractivity contribution in [1.29, 1.82) is 0 Å². The van der Waals surface area contributed by atoms with Crippen LogP contribution in [-0.2, 0) is 0 Å². The predicted octanol–water partition coefficient (Wildman–Crippen LogP) is 1.80. The van der Waals surface area contributed by atoms with Crippen LogP contribution in [-0.4, -0.2) is 30.7 Å². The van der Waals surface area contributed by atoms with Gasteiger partial charge >= 0.3 is 5.97 Å². The highest BCUT2D eigenvalue weighted by Crippen LogP contribution is 2.18. The molecule has 0 unspecified atom stereocenters. The molecule has 0 aliphatic rings. The van der Waals surface area contributed by atoms with Crippen LogP contribution >= 0.6 is 0 Å². The molecular weight excluding hydrogens is 244 g/mol. The van der Waals surface area contributed by atoms with E-state index in [2.05, 4.69) is 15.2 Å². The Bertz CT molecular complexity index is 762. The number of hydrogen-bond donors (Lipinski definition) is 1. The van der Waals surface area contributed by atoms with E-state index < -0.39 is 5.97 Å². The average Bonchev–Trinajstić information content (AvgIpc) is 2.82. The number of aromatic carboxylic acids is 1. The summed E-state index contributed by atoms with van der Waals surface area (Å²) in [5, 5.41) is 17.1. The van der Waals surface area contributed by atoms with Gasteiger partial charge in [-0.15, -0.1) is 10.2 Å². The SMILES string of the molecule is Cc1ccc(-c2nnc3ccc(C(=O)O)cn23)cn1. The van der Waals surface area contributed by atoms with Gasteiger partial charge < -0.3 is 5.11 Å². The van der Waals surface area contributed by atoms with Crippen molar-refractivity contribution in [2.75, 3.05) is 0 Å². The van der Waals surface area contributed by atoms with Gasteiger partial charge in [-0.2, -0.15) is 0 Å². The van der Waals surface area contributed by atoms with Gasteiger partial charge in [-0.05, 0) is 31.2 Å². The van der Waals surface area contributed by atoms with E-state index in [9.17, 15) is 4.79 Å². The van der Waals surface area contributed by atoms with E-state index in [0.717, 1.165) is 11.3 Å². The minimum Gasteiger partial charge on any atom is -0.478 e. The van der Waals surface area contributed by atoms with Crippen molar-refractivity contribution < 1.29 is 9.90 Å². The Balaban J connectivity index is 2.21. The zero-order valence-electron chi connectivity index (χ0n) is 10.1. The fourth-order valence-electron chi connectivity index (χ4n) is 1.81. The number of carbonyl (C=O) groups is 1. The van der Waals surface area contributed by atoms with Crippen molar-refractivity contribution in [2.24, 2.45) is 0 Å². The second-order valence-electron chi connectivity index (χ2n) is 4.16. The van der Waals surface area contributed by atoms with Gasteiger partial charge in [0.15, 0.2) is 11.5 Å². The van der Waals surface area contributed by atoms with Crippen LogP contribution in [0.3, 0.4) is 0 Å². The van der Waals surface area contributed by atoms with Crippen molar-refractivity contribution >= 4 is 11.6 Å². The van der Waals surface area contributed by atoms with Crippen LogP contribution in [0.1, 0.15) is 16.1 Å². The Labute approximate surface area is 108 Å². The molecule has 0 spiro atoms. The molecule has 0 atom stereocenters. The Morgan fingerprint density at radius 1 is 1.21 bits per heavy atom. The zero-order valence-corrected chi connectivity index (χ0v) is 10.1. The number of fused-ring (bicyclic) bond motifs is 1. The lowest BCUT2D eigenvalue weighted by atomic mass is 10.2. The number of carboxylic acids is 1. The van der Waals surface area contributed by atoms with Crippen molar-refractivity contribution in [3.05, 3.63) is 47.9 Å². The average molecular weight is 254 g/mol. The van der Waals surface area contributed by atoms with Crippen LogP contribution in [0.2, 0.25) is 0 Å². The van der Waals surface area contributed by atoms with Crippen LogP contribution in [0.25, 0.3) is 17.0 Å². The van der Waals surface area contributed by atoms with Gasteiger partial charge in [-0.3, -0.25) is 9.38 Å². The van der Waals surface area contributed by atoms with Crippen LogP contribution in [0.4, 0.5) is 0 Å². The third kappa shape index (κ3) is 1.93. The molecule has 1 N–H and O–H groups in total. The van der Waals surface area contributed by atoms with Gasteiger partial charge in [0.25, 0.3) is 0 Å².